The maximum Gasteiger partial charge on any atom is 0.342 e. The fraction of sp³-hybridized carbons (Fsp3) is 0.350. The molecular formula is C20H22O5. The van der Waals surface area contributed by atoms with E-state index in [1.165, 1.54) is 0 Å². The van der Waals surface area contributed by atoms with Gasteiger partial charge in [0, 0.05) is 18.1 Å². The monoisotopic (exact) mass is 342 g/mol. The van der Waals surface area contributed by atoms with Gasteiger partial charge in [-0.2, -0.15) is 0 Å². The molecular weight excluding hydrogens is 320 g/mol. The molecule has 0 aliphatic heterocycles. The minimum absolute atomic E-state index is 0.0585. The van der Waals surface area contributed by atoms with Crippen LogP contribution in [0, 0.1) is 0 Å². The molecule has 0 spiro atoms. The summed E-state index contributed by atoms with van der Waals surface area (Å²) in [6.45, 7) is 2.14. The largest absolute Gasteiger partial charge is 0.507 e. The Kier molecular flexibility index (Phi) is 6.69. The van der Waals surface area contributed by atoms with Gasteiger partial charge in [0.05, 0.1) is 6.61 Å². The fourth-order valence-electron chi connectivity index (χ4n) is 2.68. The van der Waals surface area contributed by atoms with Gasteiger partial charge in [-0.3, -0.25) is 9.59 Å². The summed E-state index contributed by atoms with van der Waals surface area (Å²) < 4.78 is 5.21. The van der Waals surface area contributed by atoms with E-state index in [1.807, 2.05) is 37.3 Å². The number of unbranched alkanes of at least 4 members (excludes halogenated alkanes) is 2. The van der Waals surface area contributed by atoms with Crippen molar-refractivity contribution in [3.63, 3.8) is 0 Å². The number of aliphatic hydroxyl groups excluding tert-OH is 1. The summed E-state index contributed by atoms with van der Waals surface area (Å²) >= 11 is 0. The molecule has 0 radical (unpaired) electrons. The molecule has 0 bridgehead atoms. The number of ketones is 2. The van der Waals surface area contributed by atoms with Gasteiger partial charge in [0.1, 0.15) is 11.3 Å². The number of hydrogen-bond donors (Lipinski definition) is 1. The maximum absolute atomic E-state index is 12.3. The van der Waals surface area contributed by atoms with Crippen molar-refractivity contribution in [1.82, 2.24) is 0 Å². The van der Waals surface area contributed by atoms with Crippen molar-refractivity contribution in [3.8, 4) is 0 Å². The van der Waals surface area contributed by atoms with Crippen LogP contribution in [-0.4, -0.2) is 29.2 Å². The van der Waals surface area contributed by atoms with Crippen molar-refractivity contribution in [2.75, 3.05) is 6.61 Å². The van der Waals surface area contributed by atoms with Crippen LogP contribution in [0.3, 0.4) is 0 Å². The predicted molar refractivity (Wildman–Crippen MR) is 93.0 cm³/mol. The maximum atomic E-state index is 12.3. The first kappa shape index (κ1) is 18.6. The average molecular weight is 342 g/mol. The van der Waals surface area contributed by atoms with Crippen LogP contribution in [0.1, 0.15) is 38.2 Å². The SMILES string of the molecule is CCCCCC1=C(C(=O)OCCc2ccccc2)C(O)=CC(=O)C1=O. The smallest absolute Gasteiger partial charge is 0.342 e. The van der Waals surface area contributed by atoms with Crippen LogP contribution in [0.5, 0.6) is 0 Å². The lowest BCUT2D eigenvalue weighted by molar-refractivity contribution is -0.139. The van der Waals surface area contributed by atoms with Crippen LogP contribution in [0.4, 0.5) is 0 Å². The van der Waals surface area contributed by atoms with Crippen molar-refractivity contribution in [3.05, 3.63) is 58.9 Å². The third-order valence-corrected chi connectivity index (χ3v) is 4.02. The van der Waals surface area contributed by atoms with E-state index in [4.69, 9.17) is 4.74 Å². The average Bonchev–Trinajstić information content (AvgIpc) is 2.60. The number of aliphatic hydroxyl groups is 1. The van der Waals surface area contributed by atoms with E-state index in [1.54, 1.807) is 0 Å². The van der Waals surface area contributed by atoms with Crippen LogP contribution >= 0.6 is 0 Å². The van der Waals surface area contributed by atoms with Gasteiger partial charge in [0.15, 0.2) is 0 Å². The second-order valence-electron chi connectivity index (χ2n) is 5.91. The molecule has 0 unspecified atom stereocenters. The number of ether oxygens (including phenoxy) is 1. The summed E-state index contributed by atoms with van der Waals surface area (Å²) in [4.78, 5) is 36.1. The van der Waals surface area contributed by atoms with Gasteiger partial charge in [-0.25, -0.2) is 4.79 Å². The number of carbonyl (C=O) groups excluding carboxylic acids is 3. The van der Waals surface area contributed by atoms with Crippen LogP contribution in [0.15, 0.2) is 53.3 Å². The third kappa shape index (κ3) is 4.89. The third-order valence-electron chi connectivity index (χ3n) is 4.02. The Morgan fingerprint density at radius 2 is 1.80 bits per heavy atom. The second-order valence-corrected chi connectivity index (χ2v) is 5.91. The highest BCUT2D eigenvalue weighted by Crippen LogP contribution is 2.25. The van der Waals surface area contributed by atoms with Gasteiger partial charge >= 0.3 is 5.97 Å². The molecule has 1 aliphatic rings. The highest BCUT2D eigenvalue weighted by Gasteiger charge is 2.32. The molecule has 1 aliphatic carbocycles. The molecule has 2 rings (SSSR count). The number of Topliss-reactive ketones (excluding diaryl/α,β-unsaturated/α-hetero) is 1. The molecule has 132 valence electrons. The Bertz CT molecular complexity index is 713. The lowest BCUT2D eigenvalue weighted by atomic mass is 9.90. The lowest BCUT2D eigenvalue weighted by Crippen LogP contribution is -2.26. The van der Waals surface area contributed by atoms with Gasteiger partial charge in [-0.1, -0.05) is 50.1 Å². The Hall–Kier alpha value is -2.69. The number of carbonyl (C=O) groups is 3. The first-order chi connectivity index (χ1) is 12.0. The Balaban J connectivity index is 2.09. The highest BCUT2D eigenvalue weighted by atomic mass is 16.5. The summed E-state index contributed by atoms with van der Waals surface area (Å²) in [5, 5.41) is 10.0. The van der Waals surface area contributed by atoms with E-state index in [0.717, 1.165) is 24.5 Å². The summed E-state index contributed by atoms with van der Waals surface area (Å²) in [6, 6.07) is 9.53. The van der Waals surface area contributed by atoms with Crippen molar-refractivity contribution in [1.29, 1.82) is 0 Å². The molecule has 0 saturated carbocycles. The van der Waals surface area contributed by atoms with E-state index in [0.29, 0.717) is 12.8 Å². The zero-order chi connectivity index (χ0) is 18.2. The molecule has 0 atom stereocenters. The van der Waals surface area contributed by atoms with E-state index in [-0.39, 0.29) is 24.2 Å². The van der Waals surface area contributed by atoms with Gasteiger partial charge < -0.3 is 9.84 Å². The first-order valence-corrected chi connectivity index (χ1v) is 8.48. The van der Waals surface area contributed by atoms with Crippen molar-refractivity contribution in [2.24, 2.45) is 0 Å². The zero-order valence-electron chi connectivity index (χ0n) is 14.3. The topological polar surface area (TPSA) is 80.7 Å². The van der Waals surface area contributed by atoms with Crippen molar-refractivity contribution in [2.45, 2.75) is 39.0 Å². The predicted octanol–water partition coefficient (Wildman–Crippen LogP) is 3.24. The molecule has 0 amide bonds. The minimum atomic E-state index is -0.801. The molecule has 0 heterocycles. The zero-order valence-corrected chi connectivity index (χ0v) is 14.3. The first-order valence-electron chi connectivity index (χ1n) is 8.48. The second kappa shape index (κ2) is 8.97. The number of benzene rings is 1. The molecule has 25 heavy (non-hydrogen) atoms. The number of allylic oxidation sites excluding steroid dienone is 2. The molecule has 0 aromatic heterocycles. The molecule has 1 aromatic carbocycles. The number of esters is 1. The molecule has 1 N–H and O–H groups in total. The summed E-state index contributed by atoms with van der Waals surface area (Å²) in [5.41, 5.74) is 0.902. The van der Waals surface area contributed by atoms with Crippen molar-refractivity contribution >= 4 is 17.5 Å². The highest BCUT2D eigenvalue weighted by molar-refractivity contribution is 6.49. The van der Waals surface area contributed by atoms with Crippen LogP contribution in [-0.2, 0) is 25.5 Å². The molecule has 0 saturated heterocycles. The minimum Gasteiger partial charge on any atom is -0.507 e. The standard InChI is InChI=1S/C20H22O5/c1-2-3-5-10-15-18(16(21)13-17(22)19(15)23)20(24)25-12-11-14-8-6-4-7-9-14/h4,6-9,13,21H,2-3,5,10-12H2,1H3. The van der Waals surface area contributed by atoms with E-state index in [2.05, 4.69) is 0 Å². The number of rotatable bonds is 8. The molecule has 5 heteroatoms. The number of hydrogen-bond acceptors (Lipinski definition) is 5. The Morgan fingerprint density at radius 1 is 1.08 bits per heavy atom. The van der Waals surface area contributed by atoms with Crippen LogP contribution in [0.25, 0.3) is 0 Å². The summed E-state index contributed by atoms with van der Waals surface area (Å²) in [6.07, 6.45) is 4.07. The molecule has 1 aromatic rings. The van der Waals surface area contributed by atoms with Crippen LogP contribution in [0.2, 0.25) is 0 Å². The van der Waals surface area contributed by atoms with Gasteiger partial charge in [-0.15, -0.1) is 0 Å². The summed E-state index contributed by atoms with van der Waals surface area (Å²) in [5.74, 6) is -2.79. The normalized spacial score (nSPS) is 14.5. The van der Waals surface area contributed by atoms with E-state index < -0.39 is 23.3 Å². The molecule has 0 fully saturated rings. The fourth-order valence-corrected chi connectivity index (χ4v) is 2.68. The Morgan fingerprint density at radius 3 is 2.48 bits per heavy atom. The van der Waals surface area contributed by atoms with E-state index in [9.17, 15) is 19.5 Å². The lowest BCUT2D eigenvalue weighted by Gasteiger charge is -2.16. The van der Waals surface area contributed by atoms with Crippen LogP contribution < -0.4 is 0 Å². The Labute approximate surface area is 147 Å². The summed E-state index contributed by atoms with van der Waals surface area (Å²) in [7, 11) is 0. The van der Waals surface area contributed by atoms with E-state index >= 15 is 0 Å². The van der Waals surface area contributed by atoms with Gasteiger partial charge in [0.25, 0.3) is 0 Å². The van der Waals surface area contributed by atoms with Gasteiger partial charge in [0.2, 0.25) is 11.6 Å². The molecule has 5 nitrogen and oxygen atoms in total. The quantitative estimate of drug-likeness (QED) is 0.339. The van der Waals surface area contributed by atoms with Crippen molar-refractivity contribution < 1.29 is 24.2 Å². The van der Waals surface area contributed by atoms with Gasteiger partial charge in [-0.05, 0) is 18.4 Å².